The fourth-order valence-corrected chi connectivity index (χ4v) is 3.23. The van der Waals surface area contributed by atoms with Crippen molar-refractivity contribution in [2.24, 2.45) is 0 Å². The second kappa shape index (κ2) is 4.65. The van der Waals surface area contributed by atoms with Crippen LogP contribution in [0.4, 0.5) is 0 Å². The maximum absolute atomic E-state index is 12.3. The Labute approximate surface area is 114 Å². The lowest BCUT2D eigenvalue weighted by atomic mass is 9.71. The van der Waals surface area contributed by atoms with Crippen LogP contribution < -0.4 is 0 Å². The molecule has 0 aromatic heterocycles. The highest BCUT2D eigenvalue weighted by Crippen LogP contribution is 2.42. The van der Waals surface area contributed by atoms with E-state index in [9.17, 15) is 4.79 Å². The summed E-state index contributed by atoms with van der Waals surface area (Å²) in [4.78, 5) is 12.3. The lowest BCUT2D eigenvalue weighted by Crippen LogP contribution is -2.22. The normalized spacial score (nSPS) is 22.1. The quantitative estimate of drug-likeness (QED) is 0.730. The van der Waals surface area contributed by atoms with E-state index in [1.807, 2.05) is 18.2 Å². The van der Waals surface area contributed by atoms with Gasteiger partial charge in [0.1, 0.15) is 0 Å². The van der Waals surface area contributed by atoms with Crippen molar-refractivity contribution in [1.82, 2.24) is 0 Å². The predicted molar refractivity (Wildman–Crippen MR) is 77.7 cm³/mol. The van der Waals surface area contributed by atoms with E-state index in [0.29, 0.717) is 18.3 Å². The summed E-state index contributed by atoms with van der Waals surface area (Å²) in [6, 6.07) is 16.5. The molecule has 1 aliphatic carbocycles. The van der Waals surface area contributed by atoms with Gasteiger partial charge >= 0.3 is 0 Å². The molecule has 3 rings (SSSR count). The van der Waals surface area contributed by atoms with Gasteiger partial charge in [-0.2, -0.15) is 0 Å². The van der Waals surface area contributed by atoms with Crippen LogP contribution in [0.1, 0.15) is 52.2 Å². The number of carbonyl (C=O) groups excluding carboxylic acids is 1. The first-order valence-corrected chi connectivity index (χ1v) is 6.86. The van der Waals surface area contributed by atoms with E-state index in [0.717, 1.165) is 5.56 Å². The number of carbonyl (C=O) groups is 1. The SMILES string of the molecule is Cc1ccccc1[C@H]1CC(=O)c2ccccc2[C@H]1C. The molecule has 0 bridgehead atoms. The highest BCUT2D eigenvalue weighted by Gasteiger charge is 2.32. The Kier molecular flexibility index (Phi) is 2.98. The van der Waals surface area contributed by atoms with Gasteiger partial charge in [-0.05, 0) is 35.4 Å². The van der Waals surface area contributed by atoms with E-state index in [4.69, 9.17) is 0 Å². The number of fused-ring (bicyclic) bond motifs is 1. The third-order valence-electron chi connectivity index (χ3n) is 4.35. The first-order valence-electron chi connectivity index (χ1n) is 6.86. The van der Waals surface area contributed by atoms with Crippen molar-refractivity contribution >= 4 is 5.78 Å². The molecule has 1 heteroatoms. The highest BCUT2D eigenvalue weighted by atomic mass is 16.1. The number of benzene rings is 2. The zero-order valence-electron chi connectivity index (χ0n) is 11.4. The number of rotatable bonds is 1. The predicted octanol–water partition coefficient (Wildman–Crippen LogP) is 4.47. The first kappa shape index (κ1) is 12.2. The number of ketones is 1. The van der Waals surface area contributed by atoms with Gasteiger partial charge in [-0.3, -0.25) is 4.79 Å². The molecule has 0 aliphatic heterocycles. The van der Waals surface area contributed by atoms with E-state index >= 15 is 0 Å². The zero-order valence-corrected chi connectivity index (χ0v) is 11.4. The van der Waals surface area contributed by atoms with Gasteiger partial charge in [0.2, 0.25) is 0 Å². The molecule has 2 aromatic rings. The van der Waals surface area contributed by atoms with E-state index in [1.165, 1.54) is 16.7 Å². The molecule has 0 spiro atoms. The van der Waals surface area contributed by atoms with Crippen LogP contribution in [0.3, 0.4) is 0 Å². The summed E-state index contributed by atoms with van der Waals surface area (Å²) >= 11 is 0. The van der Waals surface area contributed by atoms with Crippen molar-refractivity contribution in [1.29, 1.82) is 0 Å². The summed E-state index contributed by atoms with van der Waals surface area (Å²) in [5, 5.41) is 0. The zero-order chi connectivity index (χ0) is 13.4. The van der Waals surface area contributed by atoms with Gasteiger partial charge in [0, 0.05) is 12.0 Å². The molecule has 1 nitrogen and oxygen atoms in total. The van der Waals surface area contributed by atoms with Crippen LogP contribution in [0.5, 0.6) is 0 Å². The Morgan fingerprint density at radius 3 is 2.32 bits per heavy atom. The maximum Gasteiger partial charge on any atom is 0.163 e. The molecular weight excluding hydrogens is 232 g/mol. The van der Waals surface area contributed by atoms with Gasteiger partial charge < -0.3 is 0 Å². The summed E-state index contributed by atoms with van der Waals surface area (Å²) < 4.78 is 0. The van der Waals surface area contributed by atoms with Gasteiger partial charge in [-0.1, -0.05) is 55.5 Å². The summed E-state index contributed by atoms with van der Waals surface area (Å²) in [5.41, 5.74) is 4.72. The molecule has 2 atom stereocenters. The second-order valence-electron chi connectivity index (χ2n) is 5.47. The minimum atomic E-state index is 0.280. The number of hydrogen-bond donors (Lipinski definition) is 0. The summed E-state index contributed by atoms with van der Waals surface area (Å²) in [6.07, 6.45) is 0.628. The second-order valence-corrected chi connectivity index (χ2v) is 5.47. The summed E-state index contributed by atoms with van der Waals surface area (Å²) in [6.45, 7) is 4.37. The maximum atomic E-state index is 12.3. The monoisotopic (exact) mass is 250 g/mol. The van der Waals surface area contributed by atoms with Crippen LogP contribution in [0.15, 0.2) is 48.5 Å². The van der Waals surface area contributed by atoms with Crippen molar-refractivity contribution in [2.45, 2.75) is 32.1 Å². The third kappa shape index (κ3) is 1.99. The van der Waals surface area contributed by atoms with Crippen LogP contribution in [0, 0.1) is 6.92 Å². The Hall–Kier alpha value is -1.89. The average molecular weight is 250 g/mol. The smallest absolute Gasteiger partial charge is 0.163 e. The summed E-state index contributed by atoms with van der Waals surface area (Å²) in [5.74, 6) is 0.987. The standard InChI is InChI=1S/C18H18O/c1-12-7-3-4-8-14(12)17-11-18(19)16-10-6-5-9-15(16)13(17)2/h3-10,13,17H,11H2,1-2H3/t13-,17+/m1/s1. The van der Waals surface area contributed by atoms with E-state index in [2.05, 4.69) is 44.2 Å². The first-order chi connectivity index (χ1) is 9.18. The van der Waals surface area contributed by atoms with E-state index < -0.39 is 0 Å². The molecule has 0 unspecified atom stereocenters. The van der Waals surface area contributed by atoms with Crippen molar-refractivity contribution < 1.29 is 4.79 Å². The van der Waals surface area contributed by atoms with Gasteiger partial charge in [-0.15, -0.1) is 0 Å². The topological polar surface area (TPSA) is 17.1 Å². The molecule has 0 saturated carbocycles. The lowest BCUT2D eigenvalue weighted by Gasteiger charge is -2.31. The molecule has 0 heterocycles. The van der Waals surface area contributed by atoms with Crippen LogP contribution >= 0.6 is 0 Å². The van der Waals surface area contributed by atoms with Crippen molar-refractivity contribution in [3.05, 3.63) is 70.8 Å². The number of Topliss-reactive ketones (excluding diaryl/α,β-unsaturated/α-hetero) is 1. The molecule has 1 aliphatic rings. The Bertz CT molecular complexity index is 627. The fourth-order valence-electron chi connectivity index (χ4n) is 3.23. The Morgan fingerprint density at radius 2 is 1.58 bits per heavy atom. The van der Waals surface area contributed by atoms with Crippen molar-refractivity contribution in [3.63, 3.8) is 0 Å². The number of aryl methyl sites for hydroxylation is 1. The van der Waals surface area contributed by atoms with Crippen LogP contribution in [-0.4, -0.2) is 5.78 Å². The molecule has 0 N–H and O–H groups in total. The minimum absolute atomic E-state index is 0.280. The fraction of sp³-hybridized carbons (Fsp3) is 0.278. The van der Waals surface area contributed by atoms with E-state index in [-0.39, 0.29) is 5.78 Å². The molecule has 0 amide bonds. The molecule has 2 aromatic carbocycles. The third-order valence-corrected chi connectivity index (χ3v) is 4.35. The molecule has 96 valence electrons. The average Bonchev–Trinajstić information content (AvgIpc) is 2.44. The Morgan fingerprint density at radius 1 is 0.947 bits per heavy atom. The molecule has 0 radical (unpaired) electrons. The van der Waals surface area contributed by atoms with Gasteiger partial charge in [0.25, 0.3) is 0 Å². The van der Waals surface area contributed by atoms with Gasteiger partial charge in [0.15, 0.2) is 5.78 Å². The molecule has 0 saturated heterocycles. The minimum Gasteiger partial charge on any atom is -0.294 e. The van der Waals surface area contributed by atoms with Gasteiger partial charge in [0.05, 0.1) is 0 Å². The lowest BCUT2D eigenvalue weighted by molar-refractivity contribution is 0.0958. The Balaban J connectivity index is 2.08. The number of hydrogen-bond acceptors (Lipinski definition) is 1. The highest BCUT2D eigenvalue weighted by molar-refractivity contribution is 5.99. The molecule has 19 heavy (non-hydrogen) atoms. The van der Waals surface area contributed by atoms with Crippen LogP contribution in [0.2, 0.25) is 0 Å². The van der Waals surface area contributed by atoms with Crippen molar-refractivity contribution in [3.8, 4) is 0 Å². The van der Waals surface area contributed by atoms with E-state index in [1.54, 1.807) is 0 Å². The molecule has 0 fully saturated rings. The summed E-state index contributed by atoms with van der Waals surface area (Å²) in [7, 11) is 0. The van der Waals surface area contributed by atoms with Gasteiger partial charge in [-0.25, -0.2) is 0 Å². The van der Waals surface area contributed by atoms with Crippen molar-refractivity contribution in [2.75, 3.05) is 0 Å². The molecular formula is C18H18O. The van der Waals surface area contributed by atoms with Crippen LogP contribution in [0.25, 0.3) is 0 Å². The largest absolute Gasteiger partial charge is 0.294 e. The van der Waals surface area contributed by atoms with Crippen LogP contribution in [-0.2, 0) is 0 Å².